The molecule has 3 aromatic rings. The van der Waals surface area contributed by atoms with E-state index in [1.807, 2.05) is 6.92 Å². The Balaban J connectivity index is 1.84. The Bertz CT molecular complexity index is 1190. The molecular formula is C24H18F2N2O3. The summed E-state index contributed by atoms with van der Waals surface area (Å²) < 4.78 is 33.5. The minimum atomic E-state index is -0.722. The van der Waals surface area contributed by atoms with Crippen LogP contribution in [0.25, 0.3) is 5.57 Å². The quantitative estimate of drug-likeness (QED) is 0.584. The fraction of sp³-hybridized carbons (Fsp3) is 0.0833. The molecule has 5 nitrogen and oxygen atoms in total. The van der Waals surface area contributed by atoms with Crippen LogP contribution in [0.1, 0.15) is 12.5 Å². The van der Waals surface area contributed by atoms with Crippen molar-refractivity contribution in [2.45, 2.75) is 6.92 Å². The molecule has 0 bridgehead atoms. The van der Waals surface area contributed by atoms with Gasteiger partial charge in [0.15, 0.2) is 0 Å². The maximum absolute atomic E-state index is 14.4. The molecule has 0 aliphatic carbocycles. The van der Waals surface area contributed by atoms with E-state index in [1.54, 1.807) is 24.3 Å². The molecule has 0 atom stereocenters. The number of hydrogen-bond acceptors (Lipinski definition) is 4. The molecule has 31 heavy (non-hydrogen) atoms. The maximum Gasteiger partial charge on any atom is 0.282 e. The summed E-state index contributed by atoms with van der Waals surface area (Å²) in [4.78, 5) is 27.4. The number of ether oxygens (including phenoxy) is 1. The number of benzene rings is 3. The largest absolute Gasteiger partial charge is 0.492 e. The van der Waals surface area contributed by atoms with Crippen LogP contribution in [0.4, 0.5) is 20.2 Å². The van der Waals surface area contributed by atoms with Crippen molar-refractivity contribution >= 4 is 28.8 Å². The fourth-order valence-electron chi connectivity index (χ4n) is 3.37. The number of amides is 2. The Kier molecular flexibility index (Phi) is 5.49. The van der Waals surface area contributed by atoms with Gasteiger partial charge in [0.05, 0.1) is 23.6 Å². The molecule has 0 fully saturated rings. The van der Waals surface area contributed by atoms with E-state index in [4.69, 9.17) is 4.74 Å². The summed E-state index contributed by atoms with van der Waals surface area (Å²) in [6, 6.07) is 17.7. The number of rotatable bonds is 6. The van der Waals surface area contributed by atoms with Crippen LogP contribution in [0, 0.1) is 11.6 Å². The fourth-order valence-corrected chi connectivity index (χ4v) is 3.37. The van der Waals surface area contributed by atoms with Crippen LogP contribution < -0.4 is 15.0 Å². The maximum atomic E-state index is 14.4. The summed E-state index contributed by atoms with van der Waals surface area (Å²) >= 11 is 0. The van der Waals surface area contributed by atoms with E-state index in [1.165, 1.54) is 48.5 Å². The Morgan fingerprint density at radius 3 is 2.26 bits per heavy atom. The lowest BCUT2D eigenvalue weighted by Gasteiger charge is -2.16. The highest BCUT2D eigenvalue weighted by atomic mass is 19.1. The van der Waals surface area contributed by atoms with Crippen molar-refractivity contribution in [3.05, 3.63) is 95.7 Å². The zero-order valence-electron chi connectivity index (χ0n) is 16.6. The molecule has 4 rings (SSSR count). The molecule has 0 unspecified atom stereocenters. The molecule has 0 spiro atoms. The second-order valence-corrected chi connectivity index (χ2v) is 6.71. The molecule has 1 heterocycles. The summed E-state index contributed by atoms with van der Waals surface area (Å²) in [7, 11) is 0. The average Bonchev–Trinajstić information content (AvgIpc) is 3.00. The molecule has 3 aromatic carbocycles. The zero-order valence-corrected chi connectivity index (χ0v) is 16.6. The zero-order chi connectivity index (χ0) is 22.0. The van der Waals surface area contributed by atoms with E-state index in [9.17, 15) is 18.4 Å². The highest BCUT2D eigenvalue weighted by molar-refractivity contribution is 6.46. The van der Waals surface area contributed by atoms with Crippen LogP contribution in [0.5, 0.6) is 5.75 Å². The van der Waals surface area contributed by atoms with Gasteiger partial charge in [-0.2, -0.15) is 0 Å². The standard InChI is InChI=1S/C24H18F2N2O3/c1-2-31-20-10-6-4-8-18(20)27-22-21(15-11-13-16(25)14-12-15)23(29)28(24(22)30)19-9-5-3-7-17(19)26/h3-14,27H,2H2,1H3. The van der Waals surface area contributed by atoms with Crippen LogP contribution in [0.3, 0.4) is 0 Å². The van der Waals surface area contributed by atoms with Gasteiger partial charge in [0.25, 0.3) is 11.8 Å². The van der Waals surface area contributed by atoms with Crippen LogP contribution >= 0.6 is 0 Å². The molecule has 7 heteroatoms. The molecule has 1 aliphatic rings. The third-order valence-corrected chi connectivity index (χ3v) is 4.76. The summed E-state index contributed by atoms with van der Waals surface area (Å²) in [5.74, 6) is -2.14. The van der Waals surface area contributed by atoms with Gasteiger partial charge in [-0.05, 0) is 48.9 Å². The van der Waals surface area contributed by atoms with E-state index in [0.717, 1.165) is 4.90 Å². The molecule has 0 saturated heterocycles. The predicted octanol–water partition coefficient (Wildman–Crippen LogP) is 4.76. The highest BCUT2D eigenvalue weighted by Crippen LogP contribution is 2.36. The van der Waals surface area contributed by atoms with Gasteiger partial charge < -0.3 is 10.1 Å². The van der Waals surface area contributed by atoms with Crippen LogP contribution in [0.15, 0.2) is 78.5 Å². The highest BCUT2D eigenvalue weighted by Gasteiger charge is 2.41. The van der Waals surface area contributed by atoms with E-state index >= 15 is 0 Å². The second kappa shape index (κ2) is 8.39. The second-order valence-electron chi connectivity index (χ2n) is 6.71. The minimum absolute atomic E-state index is 0.0135. The van der Waals surface area contributed by atoms with E-state index in [0.29, 0.717) is 23.6 Å². The molecule has 0 aromatic heterocycles. The first-order valence-corrected chi connectivity index (χ1v) is 9.63. The van der Waals surface area contributed by atoms with Crippen LogP contribution in [-0.4, -0.2) is 18.4 Å². The van der Waals surface area contributed by atoms with Crippen molar-refractivity contribution < 1.29 is 23.1 Å². The number of carbonyl (C=O) groups excluding carboxylic acids is 2. The third kappa shape index (κ3) is 3.77. The minimum Gasteiger partial charge on any atom is -0.492 e. The number of hydrogen-bond donors (Lipinski definition) is 1. The van der Waals surface area contributed by atoms with Gasteiger partial charge >= 0.3 is 0 Å². The number of halogens is 2. The van der Waals surface area contributed by atoms with Gasteiger partial charge in [0.1, 0.15) is 23.1 Å². The summed E-state index contributed by atoms with van der Waals surface area (Å²) in [5.41, 5.74) is 0.601. The van der Waals surface area contributed by atoms with Gasteiger partial charge in [-0.25, -0.2) is 13.7 Å². The molecule has 0 saturated carbocycles. The van der Waals surface area contributed by atoms with E-state index < -0.39 is 23.4 Å². The average molecular weight is 420 g/mol. The van der Waals surface area contributed by atoms with Crippen molar-refractivity contribution in [3.8, 4) is 5.75 Å². The van der Waals surface area contributed by atoms with Crippen molar-refractivity contribution in [2.24, 2.45) is 0 Å². The molecule has 2 amide bonds. The van der Waals surface area contributed by atoms with Gasteiger partial charge in [-0.1, -0.05) is 36.4 Å². The van der Waals surface area contributed by atoms with Crippen LogP contribution in [0.2, 0.25) is 0 Å². The smallest absolute Gasteiger partial charge is 0.282 e. The van der Waals surface area contributed by atoms with Gasteiger partial charge in [0, 0.05) is 0 Å². The van der Waals surface area contributed by atoms with Crippen molar-refractivity contribution in [1.29, 1.82) is 0 Å². The van der Waals surface area contributed by atoms with E-state index in [-0.39, 0.29) is 17.0 Å². The van der Waals surface area contributed by atoms with Crippen molar-refractivity contribution in [3.63, 3.8) is 0 Å². The normalized spacial score (nSPS) is 13.7. The van der Waals surface area contributed by atoms with Crippen molar-refractivity contribution in [2.75, 3.05) is 16.8 Å². The van der Waals surface area contributed by atoms with Crippen molar-refractivity contribution in [1.82, 2.24) is 0 Å². The number of carbonyl (C=O) groups is 2. The van der Waals surface area contributed by atoms with Gasteiger partial charge in [0.2, 0.25) is 0 Å². The van der Waals surface area contributed by atoms with E-state index in [2.05, 4.69) is 5.32 Å². The first-order chi connectivity index (χ1) is 15.0. The summed E-state index contributed by atoms with van der Waals surface area (Å²) in [6.07, 6.45) is 0. The number of para-hydroxylation sites is 3. The monoisotopic (exact) mass is 420 g/mol. The first-order valence-electron chi connectivity index (χ1n) is 9.63. The Morgan fingerprint density at radius 2 is 1.55 bits per heavy atom. The predicted molar refractivity (Wildman–Crippen MR) is 113 cm³/mol. The molecule has 0 radical (unpaired) electrons. The lowest BCUT2D eigenvalue weighted by atomic mass is 10.0. The summed E-state index contributed by atoms with van der Waals surface area (Å²) in [6.45, 7) is 2.22. The molecule has 156 valence electrons. The number of nitrogens with zero attached hydrogens (tertiary/aromatic N) is 1. The van der Waals surface area contributed by atoms with Gasteiger partial charge in [-0.15, -0.1) is 0 Å². The van der Waals surface area contributed by atoms with Gasteiger partial charge in [-0.3, -0.25) is 9.59 Å². The molecular weight excluding hydrogens is 402 g/mol. The Hall–Kier alpha value is -4.00. The lowest BCUT2D eigenvalue weighted by Crippen LogP contribution is -2.33. The number of anilines is 2. The third-order valence-electron chi connectivity index (χ3n) is 4.76. The Morgan fingerprint density at radius 1 is 0.871 bits per heavy atom. The summed E-state index contributed by atoms with van der Waals surface area (Å²) in [5, 5.41) is 2.98. The number of nitrogens with one attached hydrogen (secondary N) is 1. The SMILES string of the molecule is CCOc1ccccc1NC1=C(c2ccc(F)cc2)C(=O)N(c2ccccc2F)C1=O. The topological polar surface area (TPSA) is 58.6 Å². The number of imide groups is 1. The molecule has 1 aliphatic heterocycles. The Labute approximate surface area is 177 Å². The first kappa shape index (κ1) is 20.3. The molecule has 1 N–H and O–H groups in total. The lowest BCUT2D eigenvalue weighted by molar-refractivity contribution is -0.120. The van der Waals surface area contributed by atoms with Crippen LogP contribution in [-0.2, 0) is 9.59 Å².